The Morgan fingerprint density at radius 3 is 2.25 bits per heavy atom. The highest BCUT2D eigenvalue weighted by molar-refractivity contribution is 5.93. The first-order valence-electron chi connectivity index (χ1n) is 9.55. The van der Waals surface area contributed by atoms with E-state index in [1.54, 1.807) is 0 Å². The maximum atomic E-state index is 12.1. The number of ether oxygens (including phenoxy) is 2. The summed E-state index contributed by atoms with van der Waals surface area (Å²) in [7, 11) is 2.04. The van der Waals surface area contributed by atoms with Crippen LogP contribution < -0.4 is 0 Å². The topological polar surface area (TPSA) is 60.8 Å². The predicted octanol–water partition coefficient (Wildman–Crippen LogP) is 2.74. The largest absolute Gasteiger partial charge is 0.405 e. The van der Waals surface area contributed by atoms with Gasteiger partial charge in [-0.1, -0.05) is 37.3 Å². The normalized spacial score (nSPS) is 24.6. The quantitative estimate of drug-likeness (QED) is 0.764. The van der Waals surface area contributed by atoms with Crippen molar-refractivity contribution < 1.29 is 19.1 Å². The van der Waals surface area contributed by atoms with Crippen LogP contribution in [-0.2, 0) is 31.5 Å². The zero-order chi connectivity index (χ0) is 19.8. The first-order valence-corrected chi connectivity index (χ1v) is 9.55. The lowest BCUT2D eigenvalue weighted by molar-refractivity contribution is -0.279. The third-order valence-electron chi connectivity index (χ3n) is 5.83. The minimum absolute atomic E-state index is 0.291. The zero-order valence-corrected chi connectivity index (χ0v) is 16.1. The molecule has 6 nitrogen and oxygen atoms in total. The molecule has 0 radical (unpaired) electrons. The number of carbonyl (C=O) groups excluding carboxylic acids is 2. The predicted molar refractivity (Wildman–Crippen MR) is 103 cm³/mol. The molecule has 2 aliphatic rings. The third kappa shape index (κ3) is 2.94. The molecular formula is C22H24N2O4. The molecule has 2 aliphatic heterocycles. The number of aryl methyl sites for hydroxylation is 1. The maximum absolute atomic E-state index is 12.1. The van der Waals surface area contributed by atoms with Crippen LogP contribution in [0.15, 0.2) is 60.8 Å². The summed E-state index contributed by atoms with van der Waals surface area (Å²) in [6, 6.07) is 14.5. The number of hydrogen-bond donors (Lipinski definition) is 0. The van der Waals surface area contributed by atoms with Crippen molar-refractivity contribution in [1.29, 1.82) is 0 Å². The second-order valence-corrected chi connectivity index (χ2v) is 7.37. The van der Waals surface area contributed by atoms with Crippen molar-refractivity contribution in [2.45, 2.75) is 31.1 Å². The van der Waals surface area contributed by atoms with Crippen LogP contribution in [0.25, 0.3) is 0 Å². The van der Waals surface area contributed by atoms with E-state index in [4.69, 9.17) is 9.47 Å². The summed E-state index contributed by atoms with van der Waals surface area (Å²) in [4.78, 5) is 26.2. The monoisotopic (exact) mass is 380 g/mol. The Labute approximate surface area is 164 Å². The lowest BCUT2D eigenvalue weighted by Crippen LogP contribution is -2.54. The van der Waals surface area contributed by atoms with Gasteiger partial charge in [0.05, 0.1) is 0 Å². The van der Waals surface area contributed by atoms with Crippen LogP contribution >= 0.6 is 0 Å². The molecule has 146 valence electrons. The minimum Gasteiger partial charge on any atom is -0.405 e. The van der Waals surface area contributed by atoms with Crippen molar-refractivity contribution in [1.82, 2.24) is 9.47 Å². The molecule has 4 rings (SSSR count). The standard InChI is InChI=1S/C22H24N2O4/c1-3-22(27-19(25)11-12-20(26)28-22)24-15-13-21(16-24,17-8-5-4-6-9-17)18-10-7-14-23(18)2/h4-12,14H,3,13,15-16H2,1-2H3. The van der Waals surface area contributed by atoms with Gasteiger partial charge in [0.15, 0.2) is 0 Å². The average molecular weight is 380 g/mol. The molecule has 0 spiro atoms. The van der Waals surface area contributed by atoms with E-state index in [-0.39, 0.29) is 5.41 Å². The van der Waals surface area contributed by atoms with Gasteiger partial charge in [0.2, 0.25) is 0 Å². The van der Waals surface area contributed by atoms with E-state index in [1.807, 2.05) is 49.3 Å². The summed E-state index contributed by atoms with van der Waals surface area (Å²) in [5.74, 6) is -2.52. The van der Waals surface area contributed by atoms with E-state index in [9.17, 15) is 9.59 Å². The van der Waals surface area contributed by atoms with Gasteiger partial charge < -0.3 is 14.0 Å². The van der Waals surface area contributed by atoms with Crippen molar-refractivity contribution in [2.75, 3.05) is 13.1 Å². The van der Waals surface area contributed by atoms with Crippen molar-refractivity contribution in [2.24, 2.45) is 7.05 Å². The number of esters is 2. The number of hydrogen-bond acceptors (Lipinski definition) is 5. The van der Waals surface area contributed by atoms with Crippen LogP contribution in [0.3, 0.4) is 0 Å². The molecule has 1 unspecified atom stereocenters. The number of rotatable bonds is 4. The summed E-state index contributed by atoms with van der Waals surface area (Å²) in [6.07, 6.45) is 5.45. The van der Waals surface area contributed by atoms with Crippen LogP contribution in [0.1, 0.15) is 31.0 Å². The highest BCUT2D eigenvalue weighted by Crippen LogP contribution is 2.44. The van der Waals surface area contributed by atoms with Crippen LogP contribution in [0.5, 0.6) is 0 Å². The Balaban J connectivity index is 1.76. The van der Waals surface area contributed by atoms with E-state index in [0.29, 0.717) is 19.5 Å². The summed E-state index contributed by atoms with van der Waals surface area (Å²) >= 11 is 0. The number of nitrogens with zero attached hydrogens (tertiary/aromatic N) is 2. The first kappa shape index (κ1) is 18.5. The summed E-state index contributed by atoms with van der Waals surface area (Å²) in [5, 5.41) is 0. The maximum Gasteiger partial charge on any atom is 0.335 e. The van der Waals surface area contributed by atoms with Gasteiger partial charge >= 0.3 is 17.8 Å². The Kier molecular flexibility index (Phi) is 4.59. The van der Waals surface area contributed by atoms with Gasteiger partial charge in [-0.2, -0.15) is 0 Å². The molecule has 1 aromatic heterocycles. The number of benzene rings is 1. The molecule has 28 heavy (non-hydrogen) atoms. The molecule has 1 aromatic carbocycles. The average Bonchev–Trinajstić information content (AvgIpc) is 3.30. The molecule has 2 aromatic rings. The van der Waals surface area contributed by atoms with Crippen LogP contribution in [0, 0.1) is 0 Å². The van der Waals surface area contributed by atoms with Gasteiger partial charge in [0.25, 0.3) is 0 Å². The molecule has 0 N–H and O–H groups in total. The van der Waals surface area contributed by atoms with Crippen LogP contribution in [0.2, 0.25) is 0 Å². The fraction of sp³-hybridized carbons (Fsp3) is 0.364. The Morgan fingerprint density at radius 2 is 1.68 bits per heavy atom. The highest BCUT2D eigenvalue weighted by Gasteiger charge is 2.53. The molecule has 0 aliphatic carbocycles. The lowest BCUT2D eigenvalue weighted by Gasteiger charge is -2.39. The van der Waals surface area contributed by atoms with Gasteiger partial charge in [-0.15, -0.1) is 0 Å². The van der Waals surface area contributed by atoms with Crippen LogP contribution in [-0.4, -0.2) is 40.4 Å². The van der Waals surface area contributed by atoms with Crippen molar-refractivity contribution in [3.8, 4) is 0 Å². The number of cyclic esters (lactones) is 2. The zero-order valence-electron chi connectivity index (χ0n) is 16.1. The number of carbonyl (C=O) groups is 2. The Bertz CT molecular complexity index is 898. The summed E-state index contributed by atoms with van der Waals surface area (Å²) in [6.45, 7) is 3.06. The second-order valence-electron chi connectivity index (χ2n) is 7.37. The number of likely N-dealkylation sites (tertiary alicyclic amines) is 1. The van der Waals surface area contributed by atoms with Gasteiger partial charge in [0.1, 0.15) is 0 Å². The van der Waals surface area contributed by atoms with Crippen molar-refractivity contribution >= 4 is 11.9 Å². The smallest absolute Gasteiger partial charge is 0.335 e. The Morgan fingerprint density at radius 1 is 1.00 bits per heavy atom. The molecule has 1 fully saturated rings. The lowest BCUT2D eigenvalue weighted by atomic mass is 9.76. The molecule has 0 amide bonds. The van der Waals surface area contributed by atoms with E-state index in [2.05, 4.69) is 22.8 Å². The van der Waals surface area contributed by atoms with E-state index < -0.39 is 17.8 Å². The Hall–Kier alpha value is -2.86. The number of aromatic nitrogens is 1. The van der Waals surface area contributed by atoms with E-state index in [1.165, 1.54) is 11.3 Å². The van der Waals surface area contributed by atoms with Gasteiger partial charge in [-0.25, -0.2) is 14.5 Å². The molecule has 0 saturated carbocycles. The van der Waals surface area contributed by atoms with E-state index >= 15 is 0 Å². The second kappa shape index (κ2) is 6.95. The first-order chi connectivity index (χ1) is 13.5. The molecule has 1 atom stereocenters. The SMILES string of the molecule is CCC1(N2CCC(c3ccccc3)(c3cccn3C)C2)OC(=O)C=CC(=O)O1. The van der Waals surface area contributed by atoms with Crippen molar-refractivity contribution in [3.63, 3.8) is 0 Å². The molecular weight excluding hydrogens is 356 g/mol. The van der Waals surface area contributed by atoms with Gasteiger partial charge in [-0.3, -0.25) is 0 Å². The highest BCUT2D eigenvalue weighted by atomic mass is 16.8. The summed E-state index contributed by atoms with van der Waals surface area (Å²) < 4.78 is 13.4. The van der Waals surface area contributed by atoms with Crippen LogP contribution in [0.4, 0.5) is 0 Å². The molecule has 1 saturated heterocycles. The van der Waals surface area contributed by atoms with Gasteiger partial charge in [0, 0.05) is 56.0 Å². The molecule has 0 bridgehead atoms. The summed E-state index contributed by atoms with van der Waals surface area (Å²) in [5.41, 5.74) is 2.08. The fourth-order valence-corrected chi connectivity index (χ4v) is 4.44. The van der Waals surface area contributed by atoms with Crippen molar-refractivity contribution in [3.05, 3.63) is 72.1 Å². The molecule has 3 heterocycles. The third-order valence-corrected chi connectivity index (χ3v) is 5.83. The van der Waals surface area contributed by atoms with Gasteiger partial charge in [-0.05, 0) is 24.1 Å². The fourth-order valence-electron chi connectivity index (χ4n) is 4.44. The minimum atomic E-state index is -1.39. The van der Waals surface area contributed by atoms with E-state index in [0.717, 1.165) is 18.6 Å². The molecule has 6 heteroatoms.